The lowest BCUT2D eigenvalue weighted by molar-refractivity contribution is -0.126. The highest BCUT2D eigenvalue weighted by Gasteiger charge is 2.35. The van der Waals surface area contributed by atoms with Gasteiger partial charge < -0.3 is 5.32 Å². The molecule has 6 heteroatoms. The van der Waals surface area contributed by atoms with Crippen molar-refractivity contribution < 1.29 is 4.79 Å². The van der Waals surface area contributed by atoms with Crippen molar-refractivity contribution in [2.75, 3.05) is 19.6 Å². The molecule has 3 N–H and O–H groups in total. The van der Waals surface area contributed by atoms with Gasteiger partial charge in [-0.05, 0) is 36.1 Å². The summed E-state index contributed by atoms with van der Waals surface area (Å²) in [4.78, 5) is 15.3. The summed E-state index contributed by atoms with van der Waals surface area (Å²) >= 11 is 5.96. The van der Waals surface area contributed by atoms with Crippen LogP contribution in [0.2, 0.25) is 5.02 Å². The largest absolute Gasteiger partial charge is 0.353 e. The highest BCUT2D eigenvalue weighted by atomic mass is 35.5. The molecular formula is C22H27ClN4O. The zero-order chi connectivity index (χ0) is 19.3. The fraction of sp³-hybridized carbons (Fsp3) is 0.409. The van der Waals surface area contributed by atoms with Crippen LogP contribution < -0.4 is 16.2 Å². The van der Waals surface area contributed by atoms with Crippen LogP contribution in [-0.4, -0.2) is 36.5 Å². The van der Waals surface area contributed by atoms with E-state index in [4.69, 9.17) is 11.6 Å². The third kappa shape index (κ3) is 4.73. The molecule has 0 saturated carbocycles. The number of nitrogens with one attached hydrogen (secondary N) is 3. The number of rotatable bonds is 5. The van der Waals surface area contributed by atoms with Crippen molar-refractivity contribution in [3.63, 3.8) is 0 Å². The predicted molar refractivity (Wildman–Crippen MR) is 112 cm³/mol. The number of hydrogen-bond acceptors (Lipinski definition) is 4. The summed E-state index contributed by atoms with van der Waals surface area (Å²) in [7, 11) is 0. The Morgan fingerprint density at radius 3 is 2.50 bits per heavy atom. The van der Waals surface area contributed by atoms with Crippen LogP contribution >= 0.6 is 11.6 Å². The van der Waals surface area contributed by atoms with E-state index in [1.165, 1.54) is 5.56 Å². The number of hydrogen-bond donors (Lipinski definition) is 3. The van der Waals surface area contributed by atoms with E-state index in [0.717, 1.165) is 43.1 Å². The molecule has 2 aliphatic rings. The number of carbonyl (C=O) groups is 1. The van der Waals surface area contributed by atoms with Crippen LogP contribution in [-0.2, 0) is 11.3 Å². The molecule has 2 aromatic rings. The lowest BCUT2D eigenvalue weighted by Gasteiger charge is -2.33. The summed E-state index contributed by atoms with van der Waals surface area (Å²) in [5, 5.41) is 4.06. The second-order valence-electron chi connectivity index (χ2n) is 7.71. The second-order valence-corrected chi connectivity index (χ2v) is 8.14. The Morgan fingerprint density at radius 2 is 1.79 bits per heavy atom. The first-order valence-electron chi connectivity index (χ1n) is 9.99. The predicted octanol–water partition coefficient (Wildman–Crippen LogP) is 2.89. The van der Waals surface area contributed by atoms with Crippen LogP contribution in [0.1, 0.15) is 30.0 Å². The monoisotopic (exact) mass is 398 g/mol. The van der Waals surface area contributed by atoms with Crippen LogP contribution in [0.15, 0.2) is 54.6 Å². The van der Waals surface area contributed by atoms with E-state index in [-0.39, 0.29) is 23.9 Å². The van der Waals surface area contributed by atoms with E-state index < -0.39 is 0 Å². The summed E-state index contributed by atoms with van der Waals surface area (Å²) in [6.45, 7) is 3.58. The maximum atomic E-state index is 12.9. The normalized spacial score (nSPS) is 23.6. The Hall–Kier alpha value is -1.92. The average molecular weight is 399 g/mol. The van der Waals surface area contributed by atoms with Crippen LogP contribution in [0.5, 0.6) is 0 Å². The van der Waals surface area contributed by atoms with Gasteiger partial charge in [0.15, 0.2) is 0 Å². The zero-order valence-electron chi connectivity index (χ0n) is 15.9. The number of halogens is 1. The summed E-state index contributed by atoms with van der Waals surface area (Å²) < 4.78 is 0. The van der Waals surface area contributed by atoms with Crippen molar-refractivity contribution in [3.8, 4) is 0 Å². The number of nitrogens with zero attached hydrogens (tertiary/aromatic N) is 1. The maximum absolute atomic E-state index is 12.9. The standard InChI is InChI=1S/C22H27ClN4O/c23-18-8-6-16(7-9-18)15-27-12-10-19(11-13-27)25-22(28)20-14-24-26-21(20)17-4-2-1-3-5-17/h1-9,19-21,24,26H,10-15H2,(H,25,28). The fourth-order valence-electron chi connectivity index (χ4n) is 4.11. The molecule has 2 unspecified atom stereocenters. The zero-order valence-corrected chi connectivity index (χ0v) is 16.7. The van der Waals surface area contributed by atoms with Crippen LogP contribution in [0, 0.1) is 5.92 Å². The third-order valence-electron chi connectivity index (χ3n) is 5.73. The highest BCUT2D eigenvalue weighted by molar-refractivity contribution is 6.30. The second kappa shape index (κ2) is 9.05. The Bertz CT molecular complexity index is 775. The molecule has 5 nitrogen and oxygen atoms in total. The molecule has 0 radical (unpaired) electrons. The van der Waals surface area contributed by atoms with Gasteiger partial charge in [0.1, 0.15) is 0 Å². The molecule has 2 aromatic carbocycles. The van der Waals surface area contributed by atoms with E-state index in [9.17, 15) is 4.79 Å². The fourth-order valence-corrected chi connectivity index (χ4v) is 4.24. The van der Waals surface area contributed by atoms with E-state index in [1.54, 1.807) is 0 Å². The van der Waals surface area contributed by atoms with E-state index in [1.807, 2.05) is 30.3 Å². The molecule has 2 atom stereocenters. The van der Waals surface area contributed by atoms with Gasteiger partial charge in [-0.2, -0.15) is 0 Å². The van der Waals surface area contributed by atoms with Gasteiger partial charge in [-0.25, -0.2) is 5.43 Å². The summed E-state index contributed by atoms with van der Waals surface area (Å²) in [5.41, 5.74) is 8.82. The molecular weight excluding hydrogens is 372 g/mol. The highest BCUT2D eigenvalue weighted by Crippen LogP contribution is 2.25. The average Bonchev–Trinajstić information content (AvgIpc) is 3.22. The quantitative estimate of drug-likeness (QED) is 0.724. The minimum atomic E-state index is -0.0884. The van der Waals surface area contributed by atoms with Crippen molar-refractivity contribution >= 4 is 17.5 Å². The molecule has 0 spiro atoms. The van der Waals surface area contributed by atoms with E-state index in [0.29, 0.717) is 6.54 Å². The first-order valence-corrected chi connectivity index (χ1v) is 10.4. The van der Waals surface area contributed by atoms with Crippen molar-refractivity contribution in [1.82, 2.24) is 21.1 Å². The Labute approximate surface area is 171 Å². The van der Waals surface area contributed by atoms with Crippen molar-refractivity contribution in [2.45, 2.75) is 31.5 Å². The van der Waals surface area contributed by atoms with Gasteiger partial charge in [0.25, 0.3) is 0 Å². The molecule has 1 amide bonds. The van der Waals surface area contributed by atoms with Gasteiger partial charge in [-0.3, -0.25) is 15.1 Å². The molecule has 0 aliphatic carbocycles. The van der Waals surface area contributed by atoms with Gasteiger partial charge >= 0.3 is 0 Å². The molecule has 148 valence electrons. The number of benzene rings is 2. The molecule has 2 saturated heterocycles. The van der Waals surface area contributed by atoms with Crippen LogP contribution in [0.4, 0.5) is 0 Å². The number of carbonyl (C=O) groups excluding carboxylic acids is 1. The minimum Gasteiger partial charge on any atom is -0.353 e. The summed E-state index contributed by atoms with van der Waals surface area (Å²) in [5.74, 6) is 0.0528. The van der Waals surface area contributed by atoms with Crippen molar-refractivity contribution in [1.29, 1.82) is 0 Å². The lowest BCUT2D eigenvalue weighted by atomic mass is 9.93. The Kier molecular flexibility index (Phi) is 6.27. The van der Waals surface area contributed by atoms with Gasteiger partial charge in [-0.15, -0.1) is 0 Å². The SMILES string of the molecule is O=C(NC1CCN(Cc2ccc(Cl)cc2)CC1)C1CNNC1c1ccccc1. The van der Waals surface area contributed by atoms with Crippen molar-refractivity contribution in [3.05, 3.63) is 70.7 Å². The van der Waals surface area contributed by atoms with Gasteiger partial charge in [0, 0.05) is 37.2 Å². The van der Waals surface area contributed by atoms with Crippen molar-refractivity contribution in [2.24, 2.45) is 5.92 Å². The topological polar surface area (TPSA) is 56.4 Å². The van der Waals surface area contributed by atoms with Gasteiger partial charge in [0.05, 0.1) is 12.0 Å². The van der Waals surface area contributed by atoms with Crippen LogP contribution in [0.3, 0.4) is 0 Å². The number of likely N-dealkylation sites (tertiary alicyclic amines) is 1. The first kappa shape index (κ1) is 19.4. The summed E-state index contributed by atoms with van der Waals surface area (Å²) in [6, 6.07) is 18.5. The van der Waals surface area contributed by atoms with E-state index >= 15 is 0 Å². The molecule has 0 aromatic heterocycles. The van der Waals surface area contributed by atoms with Gasteiger partial charge in [-0.1, -0.05) is 54.1 Å². The lowest BCUT2D eigenvalue weighted by Crippen LogP contribution is -2.47. The smallest absolute Gasteiger partial charge is 0.226 e. The molecule has 2 heterocycles. The number of piperidine rings is 1. The third-order valence-corrected chi connectivity index (χ3v) is 5.98. The maximum Gasteiger partial charge on any atom is 0.226 e. The first-order chi connectivity index (χ1) is 13.7. The van der Waals surface area contributed by atoms with Gasteiger partial charge in [0.2, 0.25) is 5.91 Å². The number of amides is 1. The number of hydrazine groups is 1. The Morgan fingerprint density at radius 1 is 1.07 bits per heavy atom. The Balaban J connectivity index is 1.27. The summed E-state index contributed by atoms with van der Waals surface area (Å²) in [6.07, 6.45) is 1.98. The van der Waals surface area contributed by atoms with E-state index in [2.05, 4.69) is 45.3 Å². The minimum absolute atomic E-state index is 0.0196. The molecule has 4 rings (SSSR count). The molecule has 2 aliphatic heterocycles. The van der Waals surface area contributed by atoms with Crippen LogP contribution in [0.25, 0.3) is 0 Å². The molecule has 2 fully saturated rings. The molecule has 28 heavy (non-hydrogen) atoms. The molecule has 0 bridgehead atoms.